The third kappa shape index (κ3) is 4.19. The minimum absolute atomic E-state index is 0.108. The first kappa shape index (κ1) is 15.8. The highest BCUT2D eigenvalue weighted by molar-refractivity contribution is 5.78. The average Bonchev–Trinajstić information content (AvgIpc) is 2.73. The fourth-order valence-electron chi connectivity index (χ4n) is 3.76. The van der Waals surface area contributed by atoms with Crippen LogP contribution in [0.3, 0.4) is 0 Å². The summed E-state index contributed by atoms with van der Waals surface area (Å²) in [6.45, 7) is 7.51. The number of carbonyl (C=O) groups is 1. The number of hydrogen-bond acceptors (Lipinski definition) is 3. The number of aliphatic hydroxyl groups excluding tert-OH is 1. The fourth-order valence-corrected chi connectivity index (χ4v) is 3.76. The van der Waals surface area contributed by atoms with E-state index in [1.165, 1.54) is 12.8 Å². The molecule has 4 heteroatoms. The second kappa shape index (κ2) is 6.44. The molecule has 116 valence electrons. The third-order valence-corrected chi connectivity index (χ3v) is 4.55. The SMILES string of the molecule is CC(C)(C)NC(=O)CN1CCCCC1C1CCCC1O. The molecule has 4 nitrogen and oxygen atoms in total. The molecular weight excluding hydrogens is 252 g/mol. The average molecular weight is 282 g/mol. The van der Waals surface area contributed by atoms with Crippen molar-refractivity contribution in [3.8, 4) is 0 Å². The first-order valence-corrected chi connectivity index (χ1v) is 8.10. The zero-order valence-electron chi connectivity index (χ0n) is 13.2. The van der Waals surface area contributed by atoms with Crippen molar-refractivity contribution in [2.24, 2.45) is 5.92 Å². The van der Waals surface area contributed by atoms with E-state index in [4.69, 9.17) is 0 Å². The number of carbonyl (C=O) groups excluding carboxylic acids is 1. The first-order chi connectivity index (χ1) is 9.37. The lowest BCUT2D eigenvalue weighted by molar-refractivity contribution is -0.125. The molecule has 0 bridgehead atoms. The van der Waals surface area contributed by atoms with Gasteiger partial charge in [-0.05, 0) is 53.0 Å². The molecule has 1 amide bonds. The summed E-state index contributed by atoms with van der Waals surface area (Å²) in [6, 6.07) is 0.395. The fraction of sp³-hybridized carbons (Fsp3) is 0.938. The van der Waals surface area contributed by atoms with Crippen molar-refractivity contribution in [3.63, 3.8) is 0 Å². The number of aliphatic hydroxyl groups is 1. The second-order valence-electron chi connectivity index (χ2n) is 7.49. The molecule has 1 aliphatic carbocycles. The Kier molecular flexibility index (Phi) is 5.08. The van der Waals surface area contributed by atoms with Gasteiger partial charge in [-0.15, -0.1) is 0 Å². The Labute approximate surface area is 122 Å². The minimum Gasteiger partial charge on any atom is -0.393 e. The molecule has 2 fully saturated rings. The second-order valence-corrected chi connectivity index (χ2v) is 7.49. The summed E-state index contributed by atoms with van der Waals surface area (Å²) in [5.41, 5.74) is -0.171. The number of amides is 1. The van der Waals surface area contributed by atoms with Crippen molar-refractivity contribution in [1.29, 1.82) is 0 Å². The molecule has 0 aromatic carbocycles. The number of nitrogens with zero attached hydrogens (tertiary/aromatic N) is 1. The molecular formula is C16H30N2O2. The zero-order valence-corrected chi connectivity index (χ0v) is 13.2. The van der Waals surface area contributed by atoms with Crippen LogP contribution in [-0.4, -0.2) is 46.7 Å². The number of hydrogen-bond donors (Lipinski definition) is 2. The van der Waals surface area contributed by atoms with Gasteiger partial charge in [-0.2, -0.15) is 0 Å². The lowest BCUT2D eigenvalue weighted by Crippen LogP contribution is -2.52. The van der Waals surface area contributed by atoms with E-state index < -0.39 is 0 Å². The van der Waals surface area contributed by atoms with Gasteiger partial charge in [-0.1, -0.05) is 12.8 Å². The van der Waals surface area contributed by atoms with Gasteiger partial charge in [0.1, 0.15) is 0 Å². The van der Waals surface area contributed by atoms with Crippen LogP contribution >= 0.6 is 0 Å². The molecule has 0 spiro atoms. The van der Waals surface area contributed by atoms with Crippen molar-refractivity contribution in [1.82, 2.24) is 10.2 Å². The van der Waals surface area contributed by atoms with Gasteiger partial charge in [0, 0.05) is 17.5 Å². The molecule has 0 aromatic rings. The van der Waals surface area contributed by atoms with E-state index in [9.17, 15) is 9.90 Å². The highest BCUT2D eigenvalue weighted by Gasteiger charge is 2.37. The molecule has 1 aliphatic heterocycles. The molecule has 3 atom stereocenters. The van der Waals surface area contributed by atoms with Gasteiger partial charge in [0.25, 0.3) is 0 Å². The van der Waals surface area contributed by atoms with Crippen LogP contribution in [0.2, 0.25) is 0 Å². The van der Waals surface area contributed by atoms with E-state index in [0.717, 1.165) is 32.2 Å². The Morgan fingerprint density at radius 2 is 1.95 bits per heavy atom. The molecule has 20 heavy (non-hydrogen) atoms. The summed E-state index contributed by atoms with van der Waals surface area (Å²) < 4.78 is 0. The third-order valence-electron chi connectivity index (χ3n) is 4.55. The number of piperidine rings is 1. The van der Waals surface area contributed by atoms with Gasteiger partial charge >= 0.3 is 0 Å². The molecule has 0 radical (unpaired) electrons. The van der Waals surface area contributed by atoms with Crippen LogP contribution in [0.5, 0.6) is 0 Å². The van der Waals surface area contributed by atoms with E-state index in [2.05, 4.69) is 10.2 Å². The molecule has 3 unspecified atom stereocenters. The van der Waals surface area contributed by atoms with Gasteiger partial charge in [-0.25, -0.2) is 0 Å². The van der Waals surface area contributed by atoms with Crippen LogP contribution in [0.25, 0.3) is 0 Å². The van der Waals surface area contributed by atoms with Gasteiger partial charge in [0.2, 0.25) is 5.91 Å². The summed E-state index contributed by atoms with van der Waals surface area (Å²) in [5, 5.41) is 13.2. The highest BCUT2D eigenvalue weighted by atomic mass is 16.3. The number of rotatable bonds is 3. The van der Waals surface area contributed by atoms with Gasteiger partial charge < -0.3 is 10.4 Å². The van der Waals surface area contributed by atoms with Crippen molar-refractivity contribution in [3.05, 3.63) is 0 Å². The maximum Gasteiger partial charge on any atom is 0.234 e. The lowest BCUT2D eigenvalue weighted by atomic mass is 9.87. The van der Waals surface area contributed by atoms with E-state index in [1.54, 1.807) is 0 Å². The Morgan fingerprint density at radius 1 is 1.20 bits per heavy atom. The lowest BCUT2D eigenvalue weighted by Gasteiger charge is -2.40. The monoisotopic (exact) mass is 282 g/mol. The van der Waals surface area contributed by atoms with Crippen LogP contribution in [0.1, 0.15) is 59.3 Å². The van der Waals surface area contributed by atoms with E-state index in [-0.39, 0.29) is 17.6 Å². The maximum atomic E-state index is 12.2. The van der Waals surface area contributed by atoms with E-state index in [0.29, 0.717) is 18.5 Å². The molecule has 1 saturated heterocycles. The summed E-state index contributed by atoms with van der Waals surface area (Å²) in [6.07, 6.45) is 6.54. The maximum absolute atomic E-state index is 12.2. The largest absolute Gasteiger partial charge is 0.393 e. The minimum atomic E-state index is -0.171. The van der Waals surface area contributed by atoms with Crippen LogP contribution in [-0.2, 0) is 4.79 Å². The smallest absolute Gasteiger partial charge is 0.234 e. The molecule has 2 N–H and O–H groups in total. The Balaban J connectivity index is 1.95. The van der Waals surface area contributed by atoms with Crippen LogP contribution in [0.15, 0.2) is 0 Å². The molecule has 2 aliphatic rings. The Hall–Kier alpha value is -0.610. The van der Waals surface area contributed by atoms with Gasteiger partial charge in [0.05, 0.1) is 12.6 Å². The standard InChI is InChI=1S/C16H30N2O2/c1-16(2,3)17-15(20)11-18-10-5-4-8-13(18)12-7-6-9-14(12)19/h12-14,19H,4-11H2,1-3H3,(H,17,20). The molecule has 1 heterocycles. The van der Waals surface area contributed by atoms with Gasteiger partial charge in [-0.3, -0.25) is 9.69 Å². The van der Waals surface area contributed by atoms with Crippen molar-refractivity contribution in [2.75, 3.05) is 13.1 Å². The Morgan fingerprint density at radius 3 is 2.55 bits per heavy atom. The van der Waals surface area contributed by atoms with Crippen molar-refractivity contribution in [2.45, 2.75) is 77.0 Å². The van der Waals surface area contributed by atoms with Crippen LogP contribution in [0.4, 0.5) is 0 Å². The van der Waals surface area contributed by atoms with E-state index >= 15 is 0 Å². The topological polar surface area (TPSA) is 52.6 Å². The molecule has 1 saturated carbocycles. The summed E-state index contributed by atoms with van der Waals surface area (Å²) >= 11 is 0. The van der Waals surface area contributed by atoms with Gasteiger partial charge in [0.15, 0.2) is 0 Å². The van der Waals surface area contributed by atoms with E-state index in [1.807, 2.05) is 20.8 Å². The predicted molar refractivity (Wildman–Crippen MR) is 80.5 cm³/mol. The van der Waals surface area contributed by atoms with Crippen LogP contribution in [0, 0.1) is 5.92 Å². The zero-order chi connectivity index (χ0) is 14.8. The summed E-state index contributed by atoms with van der Waals surface area (Å²) in [7, 11) is 0. The Bertz CT molecular complexity index is 338. The summed E-state index contributed by atoms with van der Waals surface area (Å²) in [5.74, 6) is 0.481. The molecule has 2 rings (SSSR count). The normalized spacial score (nSPS) is 32.3. The number of nitrogens with one attached hydrogen (secondary N) is 1. The molecule has 0 aromatic heterocycles. The first-order valence-electron chi connectivity index (χ1n) is 8.10. The quantitative estimate of drug-likeness (QED) is 0.831. The predicted octanol–water partition coefficient (Wildman–Crippen LogP) is 1.92. The van der Waals surface area contributed by atoms with Crippen LogP contribution < -0.4 is 5.32 Å². The summed E-state index contributed by atoms with van der Waals surface area (Å²) in [4.78, 5) is 14.5. The van der Waals surface area contributed by atoms with Crippen molar-refractivity contribution < 1.29 is 9.90 Å². The number of likely N-dealkylation sites (tertiary alicyclic amines) is 1. The highest BCUT2D eigenvalue weighted by Crippen LogP contribution is 2.35. The van der Waals surface area contributed by atoms with Crippen molar-refractivity contribution >= 4 is 5.91 Å².